The number of anilines is 3. The Balaban J connectivity index is 1.66. The van der Waals surface area contributed by atoms with Gasteiger partial charge in [-0.2, -0.15) is 0 Å². The van der Waals surface area contributed by atoms with Gasteiger partial charge in [0.1, 0.15) is 18.4 Å². The molecule has 2 aromatic carbocycles. The molecule has 168 valence electrons. The van der Waals surface area contributed by atoms with Gasteiger partial charge in [-0.25, -0.2) is 4.39 Å². The first-order valence-corrected chi connectivity index (χ1v) is 10.8. The second-order valence-corrected chi connectivity index (χ2v) is 8.54. The van der Waals surface area contributed by atoms with Crippen molar-refractivity contribution >= 4 is 34.8 Å². The molecule has 0 radical (unpaired) electrons. The molecule has 2 aliphatic rings. The van der Waals surface area contributed by atoms with Crippen molar-refractivity contribution < 1.29 is 18.8 Å². The van der Waals surface area contributed by atoms with Gasteiger partial charge >= 0.3 is 0 Å². The molecule has 3 amide bonds. The zero-order valence-electron chi connectivity index (χ0n) is 18.5. The van der Waals surface area contributed by atoms with E-state index in [1.165, 1.54) is 15.9 Å². The van der Waals surface area contributed by atoms with E-state index in [9.17, 15) is 18.8 Å². The number of rotatable bonds is 4. The summed E-state index contributed by atoms with van der Waals surface area (Å²) >= 11 is 0. The number of hydrogen-bond acceptors (Lipinski definition) is 4. The van der Waals surface area contributed by atoms with E-state index in [4.69, 9.17) is 0 Å². The molecular weight excluding hydrogens is 411 g/mol. The summed E-state index contributed by atoms with van der Waals surface area (Å²) in [4.78, 5) is 43.7. The fraction of sp³-hybridized carbons (Fsp3) is 0.375. The van der Waals surface area contributed by atoms with Crippen molar-refractivity contribution in [2.45, 2.75) is 32.2 Å². The zero-order valence-corrected chi connectivity index (χ0v) is 18.5. The third-order valence-corrected chi connectivity index (χ3v) is 6.04. The minimum atomic E-state index is -0.429. The van der Waals surface area contributed by atoms with Crippen molar-refractivity contribution in [1.82, 2.24) is 4.90 Å². The number of aryl methyl sites for hydroxylation is 1. The van der Waals surface area contributed by atoms with Crippen LogP contribution in [0.5, 0.6) is 0 Å². The van der Waals surface area contributed by atoms with Gasteiger partial charge < -0.3 is 15.1 Å². The van der Waals surface area contributed by atoms with Crippen LogP contribution in [0.4, 0.5) is 21.5 Å². The molecule has 0 unspecified atom stereocenters. The molecule has 2 aliphatic heterocycles. The number of amides is 3. The Morgan fingerprint density at radius 2 is 1.91 bits per heavy atom. The number of carbonyl (C=O) groups is 3. The van der Waals surface area contributed by atoms with Crippen LogP contribution in [-0.4, -0.2) is 55.8 Å². The molecule has 1 N–H and O–H groups in total. The van der Waals surface area contributed by atoms with Crippen molar-refractivity contribution in [2.24, 2.45) is 0 Å². The number of fused-ring (bicyclic) bond motifs is 3. The van der Waals surface area contributed by atoms with Gasteiger partial charge in [-0.3, -0.25) is 19.3 Å². The number of nitrogens with zero attached hydrogens (tertiary/aromatic N) is 3. The van der Waals surface area contributed by atoms with Crippen LogP contribution < -0.4 is 15.1 Å². The molecule has 1 fully saturated rings. The molecule has 2 heterocycles. The van der Waals surface area contributed by atoms with Crippen molar-refractivity contribution in [3.05, 3.63) is 53.3 Å². The Morgan fingerprint density at radius 1 is 1.12 bits per heavy atom. The third kappa shape index (κ3) is 4.04. The average molecular weight is 439 g/mol. The smallest absolute Gasteiger partial charge is 0.253 e. The van der Waals surface area contributed by atoms with Crippen molar-refractivity contribution in [2.75, 3.05) is 42.3 Å². The van der Waals surface area contributed by atoms with Gasteiger partial charge in [-0.05, 0) is 62.1 Å². The first kappa shape index (κ1) is 21.8. The van der Waals surface area contributed by atoms with Gasteiger partial charge in [0, 0.05) is 31.9 Å². The molecule has 2 aromatic rings. The Labute approximate surface area is 186 Å². The zero-order chi connectivity index (χ0) is 23.0. The predicted octanol–water partition coefficient (Wildman–Crippen LogP) is 3.18. The van der Waals surface area contributed by atoms with Gasteiger partial charge in [-0.1, -0.05) is 6.07 Å². The lowest BCUT2D eigenvalue weighted by molar-refractivity contribution is -0.123. The molecule has 1 atom stereocenters. The molecular formula is C24H27FN4O3. The highest BCUT2D eigenvalue weighted by Gasteiger charge is 2.40. The van der Waals surface area contributed by atoms with Crippen LogP contribution in [0.15, 0.2) is 36.4 Å². The van der Waals surface area contributed by atoms with Crippen molar-refractivity contribution in [1.29, 1.82) is 0 Å². The number of halogens is 1. The Morgan fingerprint density at radius 3 is 2.62 bits per heavy atom. The highest BCUT2D eigenvalue weighted by atomic mass is 19.1. The van der Waals surface area contributed by atoms with E-state index < -0.39 is 11.7 Å². The van der Waals surface area contributed by atoms with Gasteiger partial charge in [0.05, 0.1) is 11.4 Å². The lowest BCUT2D eigenvalue weighted by Gasteiger charge is -2.45. The minimum Gasteiger partial charge on any atom is -0.358 e. The van der Waals surface area contributed by atoms with Gasteiger partial charge in [0.15, 0.2) is 0 Å². The normalized spacial score (nSPS) is 17.5. The maximum Gasteiger partial charge on any atom is 0.253 e. The molecule has 4 rings (SSSR count). The summed E-state index contributed by atoms with van der Waals surface area (Å²) in [6, 6.07) is 9.45. The quantitative estimate of drug-likeness (QED) is 0.796. The number of hydrogen-bond donors (Lipinski definition) is 1. The Hall–Kier alpha value is -3.42. The van der Waals surface area contributed by atoms with Crippen molar-refractivity contribution in [3.8, 4) is 0 Å². The first-order chi connectivity index (χ1) is 15.3. The molecule has 1 saturated heterocycles. The number of nitrogens with one attached hydrogen (secondary N) is 1. The van der Waals surface area contributed by atoms with Crippen LogP contribution in [0.3, 0.4) is 0 Å². The summed E-state index contributed by atoms with van der Waals surface area (Å²) < 4.78 is 13.9. The Kier molecular flexibility index (Phi) is 5.86. The van der Waals surface area contributed by atoms with E-state index in [1.54, 1.807) is 45.3 Å². The number of carbonyl (C=O) groups excluding carboxylic acids is 3. The second kappa shape index (κ2) is 8.61. The monoisotopic (exact) mass is 438 g/mol. The largest absolute Gasteiger partial charge is 0.358 e. The van der Waals surface area contributed by atoms with E-state index in [2.05, 4.69) is 10.2 Å². The molecule has 7 nitrogen and oxygen atoms in total. The van der Waals surface area contributed by atoms with Gasteiger partial charge in [0.2, 0.25) is 11.8 Å². The molecule has 0 bridgehead atoms. The highest BCUT2D eigenvalue weighted by Crippen LogP contribution is 2.40. The lowest BCUT2D eigenvalue weighted by Crippen LogP contribution is -2.56. The van der Waals surface area contributed by atoms with Crippen LogP contribution in [0.1, 0.15) is 35.2 Å². The summed E-state index contributed by atoms with van der Waals surface area (Å²) in [6.07, 6.45) is 2.65. The maximum atomic E-state index is 13.9. The highest BCUT2D eigenvalue weighted by molar-refractivity contribution is 6.11. The van der Waals surface area contributed by atoms with Crippen LogP contribution in [0, 0.1) is 12.7 Å². The fourth-order valence-electron chi connectivity index (χ4n) is 4.33. The summed E-state index contributed by atoms with van der Waals surface area (Å²) in [5, 5.41) is 2.67. The molecule has 32 heavy (non-hydrogen) atoms. The topological polar surface area (TPSA) is 73.0 Å². The third-order valence-electron chi connectivity index (χ3n) is 6.04. The summed E-state index contributed by atoms with van der Waals surface area (Å²) in [5.74, 6) is -1.18. The van der Waals surface area contributed by atoms with Gasteiger partial charge in [0.25, 0.3) is 5.91 Å². The lowest BCUT2D eigenvalue weighted by atomic mass is 9.95. The average Bonchev–Trinajstić information content (AvgIpc) is 2.78. The first-order valence-electron chi connectivity index (χ1n) is 10.8. The van der Waals surface area contributed by atoms with Gasteiger partial charge in [-0.15, -0.1) is 0 Å². The SMILES string of the molecule is Cc1ccc(NC(=O)CN2C(=O)[C@H]3CCCCN3c3ccc(C(=O)N(C)C)cc32)cc1F. The predicted molar refractivity (Wildman–Crippen MR) is 122 cm³/mol. The summed E-state index contributed by atoms with van der Waals surface area (Å²) in [6.45, 7) is 2.19. The maximum absolute atomic E-state index is 13.9. The summed E-state index contributed by atoms with van der Waals surface area (Å²) in [5.41, 5.74) is 2.66. The minimum absolute atomic E-state index is 0.156. The molecule has 8 heteroatoms. The van der Waals surface area contributed by atoms with Crippen molar-refractivity contribution in [3.63, 3.8) is 0 Å². The summed E-state index contributed by atoms with van der Waals surface area (Å²) in [7, 11) is 3.33. The number of piperidine rings is 1. The van der Waals surface area contributed by atoms with Crippen LogP contribution in [0.25, 0.3) is 0 Å². The molecule has 0 saturated carbocycles. The molecule has 0 aliphatic carbocycles. The number of benzene rings is 2. The molecule has 0 aromatic heterocycles. The van der Waals surface area contributed by atoms with E-state index in [-0.39, 0.29) is 24.4 Å². The fourth-order valence-corrected chi connectivity index (χ4v) is 4.33. The van der Waals surface area contributed by atoms with E-state index >= 15 is 0 Å². The standard InChI is InChI=1S/C24H27FN4O3/c1-15-7-9-17(13-18(15)25)26-22(30)14-29-21-12-16(23(31)27(2)3)8-10-19(21)28-11-5-4-6-20(28)24(29)32/h7-10,12-13,20H,4-6,11,14H2,1-3H3,(H,26,30)/t20-/m1/s1. The molecule has 0 spiro atoms. The van der Waals surface area contributed by atoms with Crippen LogP contribution >= 0.6 is 0 Å². The van der Waals surface area contributed by atoms with Crippen LogP contribution in [-0.2, 0) is 9.59 Å². The Bertz CT molecular complexity index is 1080. The van der Waals surface area contributed by atoms with Crippen LogP contribution in [0.2, 0.25) is 0 Å². The van der Waals surface area contributed by atoms with E-state index in [0.717, 1.165) is 31.5 Å². The second-order valence-electron chi connectivity index (χ2n) is 8.54. The van der Waals surface area contributed by atoms with E-state index in [0.29, 0.717) is 22.5 Å². The van der Waals surface area contributed by atoms with E-state index in [1.807, 2.05) is 6.07 Å².